The van der Waals surface area contributed by atoms with Crippen LogP contribution in [0, 0.1) is 0 Å². The van der Waals surface area contributed by atoms with Gasteiger partial charge in [0.05, 0.1) is 24.3 Å². The molecule has 0 radical (unpaired) electrons. The summed E-state index contributed by atoms with van der Waals surface area (Å²) in [7, 11) is 1.32. The first-order valence-corrected chi connectivity index (χ1v) is 11.6. The van der Waals surface area contributed by atoms with E-state index in [0.717, 1.165) is 24.9 Å². The molecule has 2 atom stereocenters. The predicted molar refractivity (Wildman–Crippen MR) is 125 cm³/mol. The van der Waals surface area contributed by atoms with E-state index >= 15 is 0 Å². The molecule has 9 heteroatoms. The number of nitrogens with zero attached hydrogens (tertiary/aromatic N) is 4. The van der Waals surface area contributed by atoms with Gasteiger partial charge in [0.15, 0.2) is 0 Å². The van der Waals surface area contributed by atoms with Gasteiger partial charge in [-0.1, -0.05) is 30.3 Å². The third kappa shape index (κ3) is 5.14. The van der Waals surface area contributed by atoms with E-state index in [1.54, 1.807) is 18.7 Å². The van der Waals surface area contributed by atoms with Gasteiger partial charge in [0.1, 0.15) is 5.60 Å². The van der Waals surface area contributed by atoms with Crippen molar-refractivity contribution in [3.63, 3.8) is 0 Å². The quantitative estimate of drug-likeness (QED) is 0.645. The van der Waals surface area contributed by atoms with Crippen LogP contribution in [0.2, 0.25) is 0 Å². The number of benzene rings is 1. The average Bonchev–Trinajstić information content (AvgIpc) is 2.83. The normalized spacial score (nSPS) is 23.4. The topological polar surface area (TPSA) is 105 Å². The van der Waals surface area contributed by atoms with Gasteiger partial charge in [-0.2, -0.15) is 0 Å². The van der Waals surface area contributed by atoms with Crippen LogP contribution >= 0.6 is 0 Å². The van der Waals surface area contributed by atoms with Crippen LogP contribution in [0.1, 0.15) is 55.5 Å². The van der Waals surface area contributed by atoms with Gasteiger partial charge in [-0.15, -0.1) is 0 Å². The molecular formula is C25H32N4O5. The molecule has 0 spiro atoms. The molecule has 1 aromatic carbocycles. The number of anilines is 1. The highest BCUT2D eigenvalue weighted by Crippen LogP contribution is 2.41. The van der Waals surface area contributed by atoms with Crippen molar-refractivity contribution in [3.05, 3.63) is 53.9 Å². The number of amides is 1. The SMILES string of the molecule is COC(=O)c1cnc(N2CCC[C@H](N3CC[C@](CC(C)(C)O)(c4ccccc4)OC3=O)C2)nc1. The molecule has 0 aliphatic carbocycles. The number of carbonyl (C=O) groups is 2. The van der Waals surface area contributed by atoms with Gasteiger partial charge in [-0.05, 0) is 32.3 Å². The highest BCUT2D eigenvalue weighted by molar-refractivity contribution is 5.88. The van der Waals surface area contributed by atoms with E-state index in [1.165, 1.54) is 19.5 Å². The number of esters is 1. The Morgan fingerprint density at radius 2 is 1.94 bits per heavy atom. The standard InChI is InChI=1S/C25H32N4O5/c1-24(2,32)17-25(19-8-5-4-6-9-19)11-13-29(23(31)34-25)20-10-7-12-28(16-20)22-26-14-18(15-27-22)21(30)33-3/h4-6,8-9,14-15,20,32H,7,10-13,16-17H2,1-3H3/t20-,25-/m0/s1. The fourth-order valence-electron chi connectivity index (χ4n) is 4.97. The lowest BCUT2D eigenvalue weighted by molar-refractivity contribution is -0.102. The Bertz CT molecular complexity index is 1010. The minimum Gasteiger partial charge on any atom is -0.465 e. The number of aliphatic hydroxyl groups is 1. The Balaban J connectivity index is 1.48. The smallest absolute Gasteiger partial charge is 0.410 e. The lowest BCUT2D eigenvalue weighted by Crippen LogP contribution is -2.57. The average molecular weight is 469 g/mol. The lowest BCUT2D eigenvalue weighted by Gasteiger charge is -2.47. The zero-order valence-corrected chi connectivity index (χ0v) is 19.9. The number of hydrogen-bond acceptors (Lipinski definition) is 8. The van der Waals surface area contributed by atoms with Crippen LogP contribution in [0.4, 0.5) is 10.7 Å². The second-order valence-electron chi connectivity index (χ2n) is 9.67. The summed E-state index contributed by atoms with van der Waals surface area (Å²) in [5.41, 5.74) is -0.667. The van der Waals surface area contributed by atoms with Crippen LogP contribution in [0.25, 0.3) is 0 Å². The Morgan fingerprint density at radius 3 is 2.56 bits per heavy atom. The maximum absolute atomic E-state index is 13.3. The van der Waals surface area contributed by atoms with Crippen LogP contribution in [-0.4, -0.2) is 70.4 Å². The monoisotopic (exact) mass is 468 g/mol. The Labute approximate surface area is 199 Å². The molecule has 0 bridgehead atoms. The molecule has 0 unspecified atom stereocenters. The molecule has 2 aliphatic heterocycles. The zero-order valence-electron chi connectivity index (χ0n) is 19.9. The van der Waals surface area contributed by atoms with E-state index in [0.29, 0.717) is 37.4 Å². The summed E-state index contributed by atoms with van der Waals surface area (Å²) < 4.78 is 10.8. The van der Waals surface area contributed by atoms with Gasteiger partial charge >= 0.3 is 12.1 Å². The third-order valence-electron chi connectivity index (χ3n) is 6.47. The number of rotatable bonds is 6. The van der Waals surface area contributed by atoms with Crippen molar-refractivity contribution in [3.8, 4) is 0 Å². The van der Waals surface area contributed by atoms with Crippen LogP contribution in [-0.2, 0) is 15.1 Å². The fraction of sp³-hybridized carbons (Fsp3) is 0.520. The Hall–Kier alpha value is -3.20. The Morgan fingerprint density at radius 1 is 1.24 bits per heavy atom. The molecule has 2 fully saturated rings. The van der Waals surface area contributed by atoms with Crippen LogP contribution in [0.5, 0.6) is 0 Å². The van der Waals surface area contributed by atoms with E-state index < -0.39 is 17.2 Å². The number of carbonyl (C=O) groups excluding carboxylic acids is 2. The first kappa shape index (κ1) is 23.9. The highest BCUT2D eigenvalue weighted by atomic mass is 16.6. The van der Waals surface area contributed by atoms with Gasteiger partial charge in [0.2, 0.25) is 5.95 Å². The summed E-state index contributed by atoms with van der Waals surface area (Å²) >= 11 is 0. The lowest BCUT2D eigenvalue weighted by atomic mass is 9.80. The molecule has 0 saturated carbocycles. The Kier molecular flexibility index (Phi) is 6.74. The molecule has 1 aromatic heterocycles. The summed E-state index contributed by atoms with van der Waals surface area (Å²) in [5, 5.41) is 10.6. The van der Waals surface area contributed by atoms with Gasteiger partial charge in [-0.25, -0.2) is 19.6 Å². The van der Waals surface area contributed by atoms with Crippen molar-refractivity contribution in [1.29, 1.82) is 0 Å². The molecule has 3 heterocycles. The summed E-state index contributed by atoms with van der Waals surface area (Å²) in [6, 6.07) is 9.63. The number of hydrogen-bond donors (Lipinski definition) is 1. The van der Waals surface area contributed by atoms with Crippen molar-refractivity contribution >= 4 is 18.0 Å². The largest absolute Gasteiger partial charge is 0.465 e. The van der Waals surface area contributed by atoms with Crippen molar-refractivity contribution in [2.24, 2.45) is 0 Å². The van der Waals surface area contributed by atoms with Crippen molar-refractivity contribution in [2.75, 3.05) is 31.6 Å². The summed E-state index contributed by atoms with van der Waals surface area (Å²) in [6.07, 6.45) is 5.19. The van der Waals surface area contributed by atoms with E-state index in [2.05, 4.69) is 9.97 Å². The van der Waals surface area contributed by atoms with Gasteiger partial charge in [0.25, 0.3) is 0 Å². The highest BCUT2D eigenvalue weighted by Gasteiger charge is 2.47. The van der Waals surface area contributed by atoms with Gasteiger partial charge < -0.3 is 24.4 Å². The second kappa shape index (κ2) is 9.58. The first-order valence-electron chi connectivity index (χ1n) is 11.6. The van der Waals surface area contributed by atoms with Crippen molar-refractivity contribution < 1.29 is 24.2 Å². The summed E-state index contributed by atoms with van der Waals surface area (Å²) in [5.74, 6) is 0.0375. The van der Waals surface area contributed by atoms with Crippen LogP contribution < -0.4 is 4.90 Å². The van der Waals surface area contributed by atoms with Crippen molar-refractivity contribution in [1.82, 2.24) is 14.9 Å². The summed E-state index contributed by atoms with van der Waals surface area (Å²) in [4.78, 5) is 37.4. The minimum atomic E-state index is -0.992. The van der Waals surface area contributed by atoms with Gasteiger partial charge in [0, 0.05) is 44.9 Å². The number of methoxy groups -OCH3 is 1. The second-order valence-corrected chi connectivity index (χ2v) is 9.67. The molecule has 2 aliphatic rings. The molecule has 1 N–H and O–H groups in total. The maximum atomic E-state index is 13.3. The number of cyclic esters (lactones) is 1. The fourth-order valence-corrected chi connectivity index (χ4v) is 4.97. The van der Waals surface area contributed by atoms with Crippen LogP contribution in [0.3, 0.4) is 0 Å². The number of piperidine rings is 1. The zero-order chi connectivity index (χ0) is 24.3. The van der Waals surface area contributed by atoms with E-state index in [-0.39, 0.29) is 12.1 Å². The molecule has 4 rings (SSSR count). The maximum Gasteiger partial charge on any atom is 0.410 e. The van der Waals surface area contributed by atoms with Gasteiger partial charge in [-0.3, -0.25) is 0 Å². The van der Waals surface area contributed by atoms with Crippen molar-refractivity contribution in [2.45, 2.75) is 56.8 Å². The van der Waals surface area contributed by atoms with E-state index in [9.17, 15) is 14.7 Å². The summed E-state index contributed by atoms with van der Waals surface area (Å²) in [6.45, 7) is 5.36. The molecule has 2 aromatic rings. The number of aromatic nitrogens is 2. The minimum absolute atomic E-state index is 0.0407. The first-order chi connectivity index (χ1) is 16.2. The molecule has 2 saturated heterocycles. The van der Waals surface area contributed by atoms with E-state index in [1.807, 2.05) is 35.2 Å². The number of ether oxygens (including phenoxy) is 2. The molecule has 182 valence electrons. The predicted octanol–water partition coefficient (Wildman–Crippen LogP) is 3.13. The molecule has 9 nitrogen and oxygen atoms in total. The third-order valence-corrected chi connectivity index (χ3v) is 6.47. The van der Waals surface area contributed by atoms with E-state index in [4.69, 9.17) is 9.47 Å². The molecule has 34 heavy (non-hydrogen) atoms. The molecule has 1 amide bonds. The van der Waals surface area contributed by atoms with Crippen LogP contribution in [0.15, 0.2) is 42.7 Å². The molecular weight excluding hydrogens is 436 g/mol.